The summed E-state index contributed by atoms with van der Waals surface area (Å²) in [6, 6.07) is 14.3. The second-order valence-corrected chi connectivity index (χ2v) is 9.81. The summed E-state index contributed by atoms with van der Waals surface area (Å²) in [7, 11) is -3.63. The van der Waals surface area contributed by atoms with Gasteiger partial charge in [-0.2, -0.15) is 4.31 Å². The van der Waals surface area contributed by atoms with Crippen molar-refractivity contribution in [2.75, 3.05) is 13.1 Å². The molecule has 4 rings (SSSR count). The third-order valence-electron chi connectivity index (χ3n) is 4.92. The molecule has 2 aromatic carbocycles. The van der Waals surface area contributed by atoms with Crippen LogP contribution in [-0.4, -0.2) is 36.6 Å². The van der Waals surface area contributed by atoms with Crippen molar-refractivity contribution in [2.45, 2.75) is 30.6 Å². The third kappa shape index (κ3) is 3.54. The molecule has 1 aliphatic rings. The Bertz CT molecular complexity index is 1070. The maximum absolute atomic E-state index is 13.1. The largest absolute Gasteiger partial charge is 0.295 e. The number of benzene rings is 2. The van der Waals surface area contributed by atoms with E-state index in [-0.39, 0.29) is 16.6 Å². The number of carbonyl (C=O) groups is 1. The van der Waals surface area contributed by atoms with Gasteiger partial charge in [0.1, 0.15) is 0 Å². The van der Waals surface area contributed by atoms with E-state index in [1.54, 1.807) is 29.5 Å². The van der Waals surface area contributed by atoms with Gasteiger partial charge < -0.3 is 0 Å². The van der Waals surface area contributed by atoms with Crippen LogP contribution < -0.4 is 0 Å². The molecule has 140 valence electrons. The molecule has 1 saturated heterocycles. The van der Waals surface area contributed by atoms with Gasteiger partial charge in [-0.1, -0.05) is 24.3 Å². The summed E-state index contributed by atoms with van der Waals surface area (Å²) in [5.74, 6) is -0.0417. The van der Waals surface area contributed by atoms with E-state index in [0.29, 0.717) is 18.7 Å². The fraction of sp³-hybridized carbons (Fsp3) is 0.300. The molecule has 0 amide bonds. The molecule has 3 aromatic rings. The lowest BCUT2D eigenvalue weighted by molar-refractivity contribution is 0.101. The summed E-state index contributed by atoms with van der Waals surface area (Å²) in [5, 5.41) is 0.994. The number of Topliss-reactive ketones (excluding diaryl/α,β-unsaturated/α-hetero) is 1. The van der Waals surface area contributed by atoms with Crippen molar-refractivity contribution >= 4 is 37.4 Å². The highest BCUT2D eigenvalue weighted by molar-refractivity contribution is 7.89. The zero-order valence-electron chi connectivity index (χ0n) is 15.0. The molecule has 2 heterocycles. The van der Waals surface area contributed by atoms with E-state index in [0.717, 1.165) is 28.1 Å². The van der Waals surface area contributed by atoms with Crippen LogP contribution in [0.3, 0.4) is 0 Å². The van der Waals surface area contributed by atoms with Gasteiger partial charge in [-0.3, -0.25) is 4.79 Å². The zero-order chi connectivity index (χ0) is 19.0. The summed E-state index contributed by atoms with van der Waals surface area (Å²) in [5.41, 5.74) is 1.38. The smallest absolute Gasteiger partial charge is 0.243 e. The predicted molar refractivity (Wildman–Crippen MR) is 107 cm³/mol. The molecule has 7 heteroatoms. The predicted octanol–water partition coefficient (Wildman–Crippen LogP) is 4.07. The van der Waals surface area contributed by atoms with Crippen LogP contribution in [0.5, 0.6) is 0 Å². The van der Waals surface area contributed by atoms with Gasteiger partial charge in [0.25, 0.3) is 0 Å². The number of fused-ring (bicyclic) bond motifs is 1. The van der Waals surface area contributed by atoms with Gasteiger partial charge >= 0.3 is 0 Å². The van der Waals surface area contributed by atoms with Crippen molar-refractivity contribution in [2.24, 2.45) is 0 Å². The maximum atomic E-state index is 13.1. The summed E-state index contributed by atoms with van der Waals surface area (Å²) in [4.78, 5) is 16.5. The number of nitrogens with zero attached hydrogens (tertiary/aromatic N) is 2. The fourth-order valence-electron chi connectivity index (χ4n) is 3.45. The molecular formula is C20H20N2O3S2. The second kappa shape index (κ2) is 7.14. The Morgan fingerprint density at radius 3 is 2.78 bits per heavy atom. The van der Waals surface area contributed by atoms with Crippen LogP contribution in [0, 0.1) is 0 Å². The average Bonchev–Trinajstić information content (AvgIpc) is 3.12. The number of rotatable bonds is 4. The Morgan fingerprint density at radius 1 is 1.19 bits per heavy atom. The topological polar surface area (TPSA) is 67.3 Å². The number of hydrogen-bond donors (Lipinski definition) is 0. The number of ketones is 1. The summed E-state index contributed by atoms with van der Waals surface area (Å²) in [6.45, 7) is 2.36. The number of carbonyl (C=O) groups excluding carboxylic acids is 1. The number of hydrogen-bond acceptors (Lipinski definition) is 5. The minimum Gasteiger partial charge on any atom is -0.295 e. The van der Waals surface area contributed by atoms with Crippen LogP contribution in [0.15, 0.2) is 53.4 Å². The first-order chi connectivity index (χ1) is 12.9. The first-order valence-corrected chi connectivity index (χ1v) is 11.2. The number of piperidine rings is 1. The van der Waals surface area contributed by atoms with Gasteiger partial charge in [0.05, 0.1) is 20.1 Å². The molecule has 0 N–H and O–H groups in total. The summed E-state index contributed by atoms with van der Waals surface area (Å²) < 4.78 is 28.9. The Balaban J connectivity index is 1.62. The van der Waals surface area contributed by atoms with Crippen LogP contribution in [0.25, 0.3) is 10.2 Å². The van der Waals surface area contributed by atoms with Crippen LogP contribution in [0.1, 0.15) is 41.0 Å². The molecule has 1 fully saturated rings. The van der Waals surface area contributed by atoms with E-state index in [1.165, 1.54) is 17.3 Å². The Kier molecular flexibility index (Phi) is 4.84. The van der Waals surface area contributed by atoms with Gasteiger partial charge in [0.15, 0.2) is 5.78 Å². The van der Waals surface area contributed by atoms with E-state index in [9.17, 15) is 13.2 Å². The molecule has 27 heavy (non-hydrogen) atoms. The molecule has 5 nitrogen and oxygen atoms in total. The van der Waals surface area contributed by atoms with Crippen molar-refractivity contribution in [1.29, 1.82) is 0 Å². The van der Waals surface area contributed by atoms with Gasteiger partial charge in [-0.15, -0.1) is 11.3 Å². The Morgan fingerprint density at radius 2 is 2.00 bits per heavy atom. The lowest BCUT2D eigenvalue weighted by Gasteiger charge is -2.31. The van der Waals surface area contributed by atoms with E-state index in [1.807, 2.05) is 24.3 Å². The van der Waals surface area contributed by atoms with Gasteiger partial charge in [-0.25, -0.2) is 13.4 Å². The van der Waals surface area contributed by atoms with Crippen molar-refractivity contribution in [1.82, 2.24) is 9.29 Å². The van der Waals surface area contributed by atoms with Gasteiger partial charge in [0.2, 0.25) is 10.0 Å². The molecule has 0 unspecified atom stereocenters. The quantitative estimate of drug-likeness (QED) is 0.619. The van der Waals surface area contributed by atoms with E-state index in [2.05, 4.69) is 0 Å². The number of thiazole rings is 1. The molecule has 0 bridgehead atoms. The van der Waals surface area contributed by atoms with Gasteiger partial charge in [0, 0.05) is 24.6 Å². The maximum Gasteiger partial charge on any atom is 0.243 e. The van der Waals surface area contributed by atoms with Crippen molar-refractivity contribution in [3.05, 3.63) is 59.1 Å². The molecule has 1 aromatic heterocycles. The monoisotopic (exact) mass is 400 g/mol. The SMILES string of the molecule is CC(=O)c1cccc(S(=O)(=O)N2CCC[C@H](c3nc4ccccc4s3)C2)c1. The van der Waals surface area contributed by atoms with Crippen LogP contribution in [0.2, 0.25) is 0 Å². The highest BCUT2D eigenvalue weighted by Gasteiger charge is 2.32. The molecule has 0 spiro atoms. The summed E-state index contributed by atoms with van der Waals surface area (Å²) in [6.07, 6.45) is 1.73. The number of aromatic nitrogens is 1. The third-order valence-corrected chi connectivity index (χ3v) is 7.98. The minimum absolute atomic E-state index is 0.0990. The molecule has 0 aliphatic carbocycles. The highest BCUT2D eigenvalue weighted by atomic mass is 32.2. The van der Waals surface area contributed by atoms with Crippen LogP contribution in [0.4, 0.5) is 0 Å². The average molecular weight is 401 g/mol. The summed E-state index contributed by atoms with van der Waals surface area (Å²) >= 11 is 1.64. The Labute approximate surface area is 162 Å². The first-order valence-electron chi connectivity index (χ1n) is 8.92. The molecule has 0 radical (unpaired) electrons. The van der Waals surface area contributed by atoms with E-state index in [4.69, 9.17) is 4.98 Å². The fourth-order valence-corrected chi connectivity index (χ4v) is 6.12. The van der Waals surface area contributed by atoms with E-state index >= 15 is 0 Å². The van der Waals surface area contributed by atoms with Crippen molar-refractivity contribution in [3.63, 3.8) is 0 Å². The molecule has 1 aliphatic heterocycles. The standard InChI is InChI=1S/C20H20N2O3S2/c1-14(23)15-6-4-8-17(12-15)27(24,25)22-11-5-7-16(13-22)20-21-18-9-2-3-10-19(18)26-20/h2-4,6,8-10,12,16H,5,7,11,13H2,1H3/t16-/m0/s1. The molecule has 0 saturated carbocycles. The Hall–Kier alpha value is -2.09. The van der Waals surface area contributed by atoms with Crippen LogP contribution >= 0.6 is 11.3 Å². The van der Waals surface area contributed by atoms with Crippen LogP contribution in [-0.2, 0) is 10.0 Å². The lowest BCUT2D eigenvalue weighted by atomic mass is 10.0. The first kappa shape index (κ1) is 18.3. The number of sulfonamides is 1. The second-order valence-electron chi connectivity index (χ2n) is 6.81. The van der Waals surface area contributed by atoms with Crippen molar-refractivity contribution in [3.8, 4) is 0 Å². The van der Waals surface area contributed by atoms with Gasteiger partial charge in [-0.05, 0) is 44.0 Å². The number of para-hydroxylation sites is 1. The molecular weight excluding hydrogens is 380 g/mol. The zero-order valence-corrected chi connectivity index (χ0v) is 16.6. The normalized spacial score (nSPS) is 18.6. The lowest BCUT2D eigenvalue weighted by Crippen LogP contribution is -2.39. The molecule has 1 atom stereocenters. The minimum atomic E-state index is -3.63. The van der Waals surface area contributed by atoms with Crippen molar-refractivity contribution < 1.29 is 13.2 Å². The van der Waals surface area contributed by atoms with E-state index < -0.39 is 10.0 Å². The highest BCUT2D eigenvalue weighted by Crippen LogP contribution is 2.34.